The molecule has 0 saturated carbocycles. The van der Waals surface area contributed by atoms with Crippen LogP contribution in [0.5, 0.6) is 0 Å². The van der Waals surface area contributed by atoms with Crippen LogP contribution in [0.4, 0.5) is 0 Å². The summed E-state index contributed by atoms with van der Waals surface area (Å²) in [6.45, 7) is 5.48. The molecule has 0 unspecified atom stereocenters. The van der Waals surface area contributed by atoms with Crippen molar-refractivity contribution in [2.24, 2.45) is 0 Å². The van der Waals surface area contributed by atoms with Gasteiger partial charge in [-0.15, -0.1) is 0 Å². The van der Waals surface area contributed by atoms with Crippen LogP contribution in [-0.2, 0) is 19.1 Å². The summed E-state index contributed by atoms with van der Waals surface area (Å²) in [5.74, 6) is -0.642. The lowest BCUT2D eigenvalue weighted by Crippen LogP contribution is -2.11. The van der Waals surface area contributed by atoms with E-state index in [2.05, 4.69) is 9.47 Å². The molecule has 0 fully saturated rings. The molecule has 4 nitrogen and oxygen atoms in total. The second-order valence-corrected chi connectivity index (χ2v) is 2.26. The highest BCUT2D eigenvalue weighted by Crippen LogP contribution is 2.05. The van der Waals surface area contributed by atoms with E-state index in [1.807, 2.05) is 0 Å². The Morgan fingerprint density at radius 3 is 2.33 bits per heavy atom. The van der Waals surface area contributed by atoms with Gasteiger partial charge >= 0.3 is 5.97 Å². The highest BCUT2D eigenvalue weighted by atomic mass is 16.6. The van der Waals surface area contributed by atoms with Crippen molar-refractivity contribution < 1.29 is 19.1 Å². The Morgan fingerprint density at radius 2 is 2.00 bits per heavy atom. The summed E-state index contributed by atoms with van der Waals surface area (Å²) in [5.41, 5.74) is 0.612. The summed E-state index contributed by atoms with van der Waals surface area (Å²) in [5, 5.41) is 0. The minimum absolute atomic E-state index is 0.0353. The SMILES string of the molecule is CCOC(=O)C(OC=O)=C(C)C. The molecule has 0 N–H and O–H groups in total. The monoisotopic (exact) mass is 172 g/mol. The van der Waals surface area contributed by atoms with Crippen LogP contribution in [0.15, 0.2) is 11.3 Å². The standard InChI is InChI=1S/C8H12O4/c1-4-11-8(10)7(6(2)3)12-5-9/h5H,4H2,1-3H3. The quantitative estimate of drug-likeness (QED) is 0.275. The summed E-state index contributed by atoms with van der Waals surface area (Å²) in [6, 6.07) is 0. The summed E-state index contributed by atoms with van der Waals surface area (Å²) in [4.78, 5) is 21.0. The fourth-order valence-electron chi connectivity index (χ4n) is 0.615. The number of ether oxygens (including phenoxy) is 2. The van der Waals surface area contributed by atoms with Gasteiger partial charge in [-0.05, 0) is 26.3 Å². The van der Waals surface area contributed by atoms with Crippen LogP contribution in [0.2, 0.25) is 0 Å². The van der Waals surface area contributed by atoms with Crippen LogP contribution in [0.3, 0.4) is 0 Å². The lowest BCUT2D eigenvalue weighted by atomic mass is 10.3. The molecule has 0 spiro atoms. The molecule has 0 rings (SSSR count). The van der Waals surface area contributed by atoms with Crippen LogP contribution in [0.25, 0.3) is 0 Å². The minimum atomic E-state index is -0.607. The molecule has 12 heavy (non-hydrogen) atoms. The van der Waals surface area contributed by atoms with Crippen LogP contribution in [0, 0.1) is 0 Å². The van der Waals surface area contributed by atoms with E-state index in [9.17, 15) is 9.59 Å². The molecular formula is C8H12O4. The number of hydrogen-bond donors (Lipinski definition) is 0. The average molecular weight is 172 g/mol. The first kappa shape index (κ1) is 10.7. The molecule has 0 aromatic heterocycles. The molecule has 0 atom stereocenters. The van der Waals surface area contributed by atoms with E-state index in [0.29, 0.717) is 5.57 Å². The third-order valence-electron chi connectivity index (χ3n) is 1.08. The zero-order valence-corrected chi connectivity index (χ0v) is 7.42. The summed E-state index contributed by atoms with van der Waals surface area (Å²) < 4.78 is 9.08. The third kappa shape index (κ3) is 3.18. The van der Waals surface area contributed by atoms with Gasteiger partial charge in [0.25, 0.3) is 6.47 Å². The van der Waals surface area contributed by atoms with E-state index in [1.165, 1.54) is 0 Å². The molecule has 0 aromatic carbocycles. The van der Waals surface area contributed by atoms with Gasteiger partial charge in [0, 0.05) is 0 Å². The predicted molar refractivity (Wildman–Crippen MR) is 42.2 cm³/mol. The van der Waals surface area contributed by atoms with E-state index < -0.39 is 5.97 Å². The molecule has 0 aliphatic heterocycles. The van der Waals surface area contributed by atoms with Gasteiger partial charge in [-0.25, -0.2) is 4.79 Å². The Morgan fingerprint density at radius 1 is 1.42 bits per heavy atom. The summed E-state index contributed by atoms with van der Waals surface area (Å²) in [6.07, 6.45) is 0. The van der Waals surface area contributed by atoms with E-state index in [1.54, 1.807) is 20.8 Å². The molecule has 0 saturated heterocycles. The fraction of sp³-hybridized carbons (Fsp3) is 0.500. The molecule has 0 radical (unpaired) electrons. The van der Waals surface area contributed by atoms with E-state index in [4.69, 9.17) is 0 Å². The number of rotatable bonds is 4. The fourth-order valence-corrected chi connectivity index (χ4v) is 0.615. The third-order valence-corrected chi connectivity index (χ3v) is 1.08. The van der Waals surface area contributed by atoms with Crippen molar-refractivity contribution in [3.8, 4) is 0 Å². The number of allylic oxidation sites excluding steroid dienone is 1. The maximum absolute atomic E-state index is 11.0. The maximum Gasteiger partial charge on any atom is 0.374 e. The first-order chi connectivity index (χ1) is 5.63. The topological polar surface area (TPSA) is 52.6 Å². The number of hydrogen-bond acceptors (Lipinski definition) is 4. The van der Waals surface area contributed by atoms with Crippen LogP contribution in [0.1, 0.15) is 20.8 Å². The van der Waals surface area contributed by atoms with Gasteiger partial charge in [-0.3, -0.25) is 4.79 Å². The van der Waals surface area contributed by atoms with E-state index in [0.717, 1.165) is 0 Å². The highest BCUT2D eigenvalue weighted by molar-refractivity contribution is 5.88. The van der Waals surface area contributed by atoms with Gasteiger partial charge < -0.3 is 9.47 Å². The lowest BCUT2D eigenvalue weighted by molar-refractivity contribution is -0.146. The molecule has 0 aliphatic carbocycles. The molecule has 4 heteroatoms. The zero-order valence-electron chi connectivity index (χ0n) is 7.42. The zero-order chi connectivity index (χ0) is 9.56. The van der Waals surface area contributed by atoms with E-state index >= 15 is 0 Å². The number of carbonyl (C=O) groups excluding carboxylic acids is 2. The average Bonchev–Trinajstić information content (AvgIpc) is 1.99. The van der Waals surface area contributed by atoms with Crippen molar-refractivity contribution in [2.45, 2.75) is 20.8 Å². The predicted octanol–water partition coefficient (Wildman–Crippen LogP) is 1.02. The number of esters is 1. The van der Waals surface area contributed by atoms with E-state index in [-0.39, 0.29) is 18.8 Å². The van der Waals surface area contributed by atoms with Crippen molar-refractivity contribution in [2.75, 3.05) is 6.61 Å². The molecule has 0 heterocycles. The Labute approximate surface area is 71.2 Å². The van der Waals surface area contributed by atoms with Crippen molar-refractivity contribution >= 4 is 12.4 Å². The normalized spacial score (nSPS) is 8.58. The molecule has 0 aliphatic rings. The van der Waals surface area contributed by atoms with Crippen molar-refractivity contribution in [3.05, 3.63) is 11.3 Å². The van der Waals surface area contributed by atoms with Crippen LogP contribution in [-0.4, -0.2) is 19.0 Å². The minimum Gasteiger partial charge on any atom is -0.460 e. The molecule has 0 bridgehead atoms. The Balaban J connectivity index is 4.42. The summed E-state index contributed by atoms with van der Waals surface area (Å²) >= 11 is 0. The first-order valence-corrected chi connectivity index (χ1v) is 3.58. The Hall–Kier alpha value is -1.32. The molecular weight excluding hydrogens is 160 g/mol. The molecule has 0 amide bonds. The highest BCUT2D eigenvalue weighted by Gasteiger charge is 2.13. The Bertz CT molecular complexity index is 201. The van der Waals surface area contributed by atoms with Crippen LogP contribution >= 0.6 is 0 Å². The second kappa shape index (κ2) is 5.35. The van der Waals surface area contributed by atoms with Gasteiger partial charge in [-0.1, -0.05) is 0 Å². The number of carbonyl (C=O) groups is 2. The van der Waals surface area contributed by atoms with Gasteiger partial charge in [0.1, 0.15) is 0 Å². The van der Waals surface area contributed by atoms with Gasteiger partial charge in [0.15, 0.2) is 0 Å². The summed E-state index contributed by atoms with van der Waals surface area (Å²) in [7, 11) is 0. The second-order valence-electron chi connectivity index (χ2n) is 2.26. The molecule has 68 valence electrons. The van der Waals surface area contributed by atoms with Crippen molar-refractivity contribution in [1.82, 2.24) is 0 Å². The van der Waals surface area contributed by atoms with Gasteiger partial charge in [0.2, 0.25) is 5.76 Å². The lowest BCUT2D eigenvalue weighted by Gasteiger charge is -2.04. The van der Waals surface area contributed by atoms with Crippen molar-refractivity contribution in [1.29, 1.82) is 0 Å². The Kier molecular flexibility index (Phi) is 4.76. The first-order valence-electron chi connectivity index (χ1n) is 3.58. The van der Waals surface area contributed by atoms with Gasteiger partial charge in [0.05, 0.1) is 6.61 Å². The molecule has 0 aromatic rings. The largest absolute Gasteiger partial charge is 0.460 e. The van der Waals surface area contributed by atoms with Crippen molar-refractivity contribution in [3.63, 3.8) is 0 Å². The smallest absolute Gasteiger partial charge is 0.374 e. The van der Waals surface area contributed by atoms with Gasteiger partial charge in [-0.2, -0.15) is 0 Å². The van der Waals surface area contributed by atoms with Crippen LogP contribution < -0.4 is 0 Å². The maximum atomic E-state index is 11.0.